The van der Waals surface area contributed by atoms with Gasteiger partial charge in [-0.1, -0.05) is 33.6 Å². The van der Waals surface area contributed by atoms with E-state index < -0.39 is 7.32 Å². The van der Waals surface area contributed by atoms with Crippen molar-refractivity contribution in [3.8, 4) is 0 Å². The molecule has 6 nitrogen and oxygen atoms in total. The highest BCUT2D eigenvalue weighted by Crippen LogP contribution is 2.01. The van der Waals surface area contributed by atoms with Gasteiger partial charge in [-0.05, 0) is 25.7 Å². The fraction of sp³-hybridized carbons (Fsp3) is 0.929. The van der Waals surface area contributed by atoms with Crippen LogP contribution in [-0.2, 0) is 14.2 Å². The summed E-state index contributed by atoms with van der Waals surface area (Å²) < 4.78 is 8.57. The molecular formula is C14H33BO6. The van der Waals surface area contributed by atoms with Gasteiger partial charge in [0.2, 0.25) is 0 Å². The molecule has 0 saturated carbocycles. The molecule has 0 amide bonds. The van der Waals surface area contributed by atoms with E-state index in [1.165, 1.54) is 20.5 Å². The number of carbonyl (C=O) groups excluding carboxylic acids is 1. The largest absolute Gasteiger partial charge is 0.633 e. The first-order valence-electron chi connectivity index (χ1n) is 7.37. The summed E-state index contributed by atoms with van der Waals surface area (Å²) in [5, 5.41) is 24.1. The third-order valence-corrected chi connectivity index (χ3v) is 2.08. The summed E-state index contributed by atoms with van der Waals surface area (Å²) >= 11 is 0. The van der Waals surface area contributed by atoms with Crippen LogP contribution in [0.15, 0.2) is 0 Å². The lowest BCUT2D eigenvalue weighted by molar-refractivity contribution is -0.141. The van der Waals surface area contributed by atoms with Crippen molar-refractivity contribution in [2.75, 3.05) is 13.7 Å². The van der Waals surface area contributed by atoms with Gasteiger partial charge < -0.3 is 24.5 Å². The van der Waals surface area contributed by atoms with Crippen LogP contribution >= 0.6 is 0 Å². The topological polar surface area (TPSA) is 96.2 Å². The van der Waals surface area contributed by atoms with E-state index in [1.807, 2.05) is 6.92 Å². The number of aliphatic hydroxyl groups excluding tert-OH is 1. The molecule has 0 spiro atoms. The first-order valence-corrected chi connectivity index (χ1v) is 7.37. The molecule has 0 aromatic heterocycles. The van der Waals surface area contributed by atoms with Crippen molar-refractivity contribution >= 4 is 13.3 Å². The molecule has 3 N–H and O–H groups in total. The van der Waals surface area contributed by atoms with E-state index in [-0.39, 0.29) is 12.1 Å². The number of unbranched alkanes of at least 4 members (excludes halogenated alkanes) is 2. The van der Waals surface area contributed by atoms with Crippen molar-refractivity contribution in [1.29, 1.82) is 0 Å². The average molecular weight is 308 g/mol. The summed E-state index contributed by atoms with van der Waals surface area (Å²) in [6.45, 7) is 10.2. The van der Waals surface area contributed by atoms with Crippen molar-refractivity contribution in [2.24, 2.45) is 5.92 Å². The minimum absolute atomic E-state index is 0.125. The lowest BCUT2D eigenvalue weighted by Gasteiger charge is -2.04. The number of rotatable bonds is 7. The Bertz CT molecular complexity index is 204. The third-order valence-electron chi connectivity index (χ3n) is 2.08. The number of ether oxygens (including phenoxy) is 1. The Morgan fingerprint density at radius 3 is 1.86 bits per heavy atom. The zero-order valence-electron chi connectivity index (χ0n) is 14.3. The number of aliphatic hydroxyl groups is 1. The van der Waals surface area contributed by atoms with E-state index in [4.69, 9.17) is 19.9 Å². The lowest BCUT2D eigenvalue weighted by Crippen LogP contribution is -2.12. The predicted molar refractivity (Wildman–Crippen MR) is 84.5 cm³/mol. The van der Waals surface area contributed by atoms with Crippen LogP contribution in [0, 0.1) is 5.92 Å². The Morgan fingerprint density at radius 1 is 1.19 bits per heavy atom. The van der Waals surface area contributed by atoms with Gasteiger partial charge in [-0.15, -0.1) is 0 Å². The van der Waals surface area contributed by atoms with Crippen LogP contribution in [0.4, 0.5) is 0 Å². The molecule has 128 valence electrons. The van der Waals surface area contributed by atoms with Crippen molar-refractivity contribution in [3.63, 3.8) is 0 Å². The van der Waals surface area contributed by atoms with E-state index in [2.05, 4.69) is 25.4 Å². The van der Waals surface area contributed by atoms with Crippen LogP contribution in [0.1, 0.15) is 60.3 Å². The molecule has 21 heavy (non-hydrogen) atoms. The highest BCUT2D eigenvalue weighted by atomic mass is 16.6. The highest BCUT2D eigenvalue weighted by Gasteiger charge is 2.00. The normalized spacial score (nSPS) is 10.8. The second-order valence-electron chi connectivity index (χ2n) is 5.09. The van der Waals surface area contributed by atoms with E-state index in [0.29, 0.717) is 12.5 Å². The standard InChI is InChI=1S/C7H14O2.C6H14O.CH5BO3/c1-3-4-5-6-9-7(2)8;1-5(2)4-6(3)7;1-5-2(3)4/h3-6H2,1-2H3;5-7H,4H2,1-3H3;3-4H,1H3. The first kappa shape index (κ1) is 25.3. The minimum atomic E-state index is -1.62. The molecule has 0 heterocycles. The number of hydrogen-bond donors (Lipinski definition) is 3. The quantitative estimate of drug-likeness (QED) is 0.377. The summed E-state index contributed by atoms with van der Waals surface area (Å²) in [4.78, 5) is 10.2. The van der Waals surface area contributed by atoms with Crippen LogP contribution in [0.3, 0.4) is 0 Å². The Morgan fingerprint density at radius 2 is 1.67 bits per heavy atom. The number of carbonyl (C=O) groups is 1. The van der Waals surface area contributed by atoms with E-state index in [1.54, 1.807) is 0 Å². The molecule has 0 bridgehead atoms. The fourth-order valence-electron chi connectivity index (χ4n) is 1.25. The maximum absolute atomic E-state index is 10.2. The first-order chi connectivity index (χ1) is 9.67. The van der Waals surface area contributed by atoms with Crippen molar-refractivity contribution in [1.82, 2.24) is 0 Å². The Kier molecular flexibility index (Phi) is 23.4. The summed E-state index contributed by atoms with van der Waals surface area (Å²) in [7, 11) is -0.417. The van der Waals surface area contributed by atoms with Crippen molar-refractivity contribution < 1.29 is 29.3 Å². The lowest BCUT2D eigenvalue weighted by atomic mass is 10.1. The predicted octanol–water partition coefficient (Wildman–Crippen LogP) is 1.76. The van der Waals surface area contributed by atoms with Crippen molar-refractivity contribution in [2.45, 2.75) is 66.4 Å². The summed E-state index contributed by atoms with van der Waals surface area (Å²) in [6.07, 6.45) is 4.10. The maximum Gasteiger partial charge on any atom is 0.633 e. The molecule has 0 fully saturated rings. The Balaban J connectivity index is -0.000000242. The van der Waals surface area contributed by atoms with E-state index in [0.717, 1.165) is 19.3 Å². The summed E-state index contributed by atoms with van der Waals surface area (Å²) in [5.41, 5.74) is 0. The molecule has 7 heteroatoms. The molecule has 0 aromatic carbocycles. The van der Waals surface area contributed by atoms with Gasteiger partial charge in [0.15, 0.2) is 0 Å². The van der Waals surface area contributed by atoms with Crippen LogP contribution in [-0.4, -0.2) is 48.3 Å². The molecule has 1 unspecified atom stereocenters. The molecule has 0 radical (unpaired) electrons. The second-order valence-corrected chi connectivity index (χ2v) is 5.09. The van der Waals surface area contributed by atoms with Gasteiger partial charge in [-0.3, -0.25) is 4.79 Å². The fourth-order valence-corrected chi connectivity index (χ4v) is 1.25. The second kappa shape index (κ2) is 19.4. The van der Waals surface area contributed by atoms with Crippen LogP contribution in [0.5, 0.6) is 0 Å². The van der Waals surface area contributed by atoms with Gasteiger partial charge in [0.1, 0.15) is 0 Å². The SMILES string of the molecule is CC(C)CC(C)O.CCCCCOC(C)=O.COB(O)O. The molecule has 0 aliphatic carbocycles. The molecule has 0 aliphatic heterocycles. The average Bonchev–Trinajstić information content (AvgIpc) is 2.34. The highest BCUT2D eigenvalue weighted by molar-refractivity contribution is 6.32. The molecule has 0 rings (SSSR count). The summed E-state index contributed by atoms with van der Waals surface area (Å²) in [5.74, 6) is 0.450. The molecule has 0 aromatic rings. The van der Waals surface area contributed by atoms with Gasteiger partial charge in [0.25, 0.3) is 0 Å². The van der Waals surface area contributed by atoms with Crippen molar-refractivity contribution in [3.05, 3.63) is 0 Å². The number of hydrogen-bond acceptors (Lipinski definition) is 6. The Hall–Kier alpha value is -0.625. The Labute approximate surface area is 129 Å². The number of esters is 1. The monoisotopic (exact) mass is 308 g/mol. The minimum Gasteiger partial charge on any atom is -0.466 e. The molecular weight excluding hydrogens is 275 g/mol. The van der Waals surface area contributed by atoms with E-state index >= 15 is 0 Å². The van der Waals surface area contributed by atoms with E-state index in [9.17, 15) is 4.79 Å². The van der Waals surface area contributed by atoms with Gasteiger partial charge in [0, 0.05) is 14.0 Å². The third kappa shape index (κ3) is 45.2. The van der Waals surface area contributed by atoms with Crippen LogP contribution in [0.2, 0.25) is 0 Å². The smallest absolute Gasteiger partial charge is 0.466 e. The van der Waals surface area contributed by atoms with Gasteiger partial charge in [-0.2, -0.15) is 0 Å². The zero-order valence-corrected chi connectivity index (χ0v) is 14.3. The van der Waals surface area contributed by atoms with Gasteiger partial charge in [0.05, 0.1) is 12.7 Å². The maximum atomic E-state index is 10.2. The zero-order chi connectivity index (χ0) is 17.3. The molecule has 0 saturated heterocycles. The molecule has 0 aliphatic rings. The summed E-state index contributed by atoms with van der Waals surface area (Å²) in [6, 6.07) is 0. The molecule has 1 atom stereocenters. The van der Waals surface area contributed by atoms with Crippen LogP contribution in [0.25, 0.3) is 0 Å². The van der Waals surface area contributed by atoms with Gasteiger partial charge in [-0.25, -0.2) is 0 Å². The van der Waals surface area contributed by atoms with Gasteiger partial charge >= 0.3 is 13.3 Å². The van der Waals surface area contributed by atoms with Crippen LogP contribution < -0.4 is 0 Å².